The Morgan fingerprint density at radius 3 is 2.67 bits per heavy atom. The van der Waals surface area contributed by atoms with Gasteiger partial charge in [-0.1, -0.05) is 0 Å². The molecular formula is C7H9NO. The second-order valence-electron chi connectivity index (χ2n) is 2.85. The van der Waals surface area contributed by atoms with Crippen LogP contribution in [-0.4, -0.2) is 12.2 Å². The largest absolute Gasteiger partial charge is 0.374 e. The number of hydrogen-bond donors (Lipinski definition) is 0. The lowest BCUT2D eigenvalue weighted by Gasteiger charge is -2.08. The van der Waals surface area contributed by atoms with Gasteiger partial charge in [-0.2, -0.15) is 5.26 Å². The molecule has 0 amide bonds. The lowest BCUT2D eigenvalue weighted by molar-refractivity contribution is 0.0986. The van der Waals surface area contributed by atoms with Gasteiger partial charge in [0.25, 0.3) is 0 Å². The Balaban J connectivity index is 2.12. The minimum Gasteiger partial charge on any atom is -0.374 e. The molecule has 0 aromatic carbocycles. The van der Waals surface area contributed by atoms with E-state index in [0.29, 0.717) is 12.2 Å². The molecule has 0 aromatic rings. The zero-order valence-electron chi connectivity index (χ0n) is 5.21. The van der Waals surface area contributed by atoms with Gasteiger partial charge in [0.2, 0.25) is 0 Å². The minimum atomic E-state index is 0.212. The molecule has 48 valence electrons. The molecule has 2 aliphatic heterocycles. The molecule has 0 aliphatic carbocycles. The van der Waals surface area contributed by atoms with Gasteiger partial charge in [-0.25, -0.2) is 0 Å². The van der Waals surface area contributed by atoms with E-state index in [4.69, 9.17) is 10.00 Å². The highest BCUT2D eigenvalue weighted by atomic mass is 16.5. The van der Waals surface area contributed by atoms with Gasteiger partial charge < -0.3 is 4.74 Å². The second-order valence-corrected chi connectivity index (χ2v) is 2.85. The molecule has 0 N–H and O–H groups in total. The van der Waals surface area contributed by atoms with Crippen LogP contribution >= 0.6 is 0 Å². The Morgan fingerprint density at radius 1 is 1.44 bits per heavy atom. The van der Waals surface area contributed by atoms with E-state index in [1.54, 1.807) is 0 Å². The first kappa shape index (κ1) is 5.25. The second kappa shape index (κ2) is 1.71. The Hall–Kier alpha value is -0.550. The van der Waals surface area contributed by atoms with E-state index in [1.165, 1.54) is 6.42 Å². The summed E-state index contributed by atoms with van der Waals surface area (Å²) < 4.78 is 5.45. The molecule has 9 heavy (non-hydrogen) atoms. The fourth-order valence-electron chi connectivity index (χ4n) is 1.77. The van der Waals surface area contributed by atoms with Crippen molar-refractivity contribution in [3.05, 3.63) is 0 Å². The van der Waals surface area contributed by atoms with Crippen molar-refractivity contribution in [2.24, 2.45) is 5.92 Å². The highest BCUT2D eigenvalue weighted by Crippen LogP contribution is 2.37. The van der Waals surface area contributed by atoms with Crippen LogP contribution in [0.15, 0.2) is 0 Å². The predicted molar refractivity (Wildman–Crippen MR) is 31.6 cm³/mol. The van der Waals surface area contributed by atoms with Crippen LogP contribution in [0.25, 0.3) is 0 Å². The molecule has 2 nitrogen and oxygen atoms in total. The van der Waals surface area contributed by atoms with E-state index in [1.807, 2.05) is 0 Å². The lowest BCUT2D eigenvalue weighted by Crippen LogP contribution is -2.13. The summed E-state index contributed by atoms with van der Waals surface area (Å²) in [5.41, 5.74) is 0. The van der Waals surface area contributed by atoms with Crippen LogP contribution in [0.5, 0.6) is 0 Å². The Kier molecular flexibility index (Phi) is 1.000. The number of hydrogen-bond acceptors (Lipinski definition) is 2. The number of rotatable bonds is 0. The van der Waals surface area contributed by atoms with Crippen LogP contribution in [-0.2, 0) is 4.74 Å². The van der Waals surface area contributed by atoms with Gasteiger partial charge in [0.1, 0.15) is 0 Å². The summed E-state index contributed by atoms with van der Waals surface area (Å²) in [6, 6.07) is 2.27. The molecule has 0 radical (unpaired) electrons. The van der Waals surface area contributed by atoms with Gasteiger partial charge in [-0.05, 0) is 19.3 Å². The quantitative estimate of drug-likeness (QED) is 0.482. The SMILES string of the molecule is N#C[C@@H]1C[C@@H]2CC[C@@H]1O2. The third-order valence-corrected chi connectivity index (χ3v) is 2.27. The summed E-state index contributed by atoms with van der Waals surface area (Å²) in [7, 11) is 0. The van der Waals surface area contributed by atoms with Gasteiger partial charge in [0.05, 0.1) is 24.2 Å². The fourth-order valence-corrected chi connectivity index (χ4v) is 1.77. The number of nitriles is 1. The molecule has 0 saturated carbocycles. The van der Waals surface area contributed by atoms with Crippen LogP contribution in [0.2, 0.25) is 0 Å². The molecule has 2 rings (SSSR count). The van der Waals surface area contributed by atoms with Crippen LogP contribution in [0.3, 0.4) is 0 Å². The molecular weight excluding hydrogens is 114 g/mol. The third kappa shape index (κ3) is 0.650. The van der Waals surface area contributed by atoms with Gasteiger partial charge in [-0.15, -0.1) is 0 Å². The Morgan fingerprint density at radius 2 is 2.33 bits per heavy atom. The number of ether oxygens (including phenoxy) is 1. The van der Waals surface area contributed by atoms with Crippen molar-refractivity contribution in [1.29, 1.82) is 5.26 Å². The van der Waals surface area contributed by atoms with Crippen molar-refractivity contribution >= 4 is 0 Å². The molecule has 2 saturated heterocycles. The van der Waals surface area contributed by atoms with Crippen LogP contribution in [0.4, 0.5) is 0 Å². The highest BCUT2D eigenvalue weighted by Gasteiger charge is 2.40. The van der Waals surface area contributed by atoms with Crippen LogP contribution in [0.1, 0.15) is 19.3 Å². The molecule has 0 aromatic heterocycles. The zero-order chi connectivity index (χ0) is 6.27. The molecule has 0 spiro atoms. The van der Waals surface area contributed by atoms with E-state index in [2.05, 4.69) is 6.07 Å². The van der Waals surface area contributed by atoms with Gasteiger partial charge in [-0.3, -0.25) is 0 Å². The molecule has 2 heterocycles. The van der Waals surface area contributed by atoms with E-state index in [9.17, 15) is 0 Å². The van der Waals surface area contributed by atoms with Gasteiger partial charge in [0.15, 0.2) is 0 Å². The maximum absolute atomic E-state index is 8.56. The summed E-state index contributed by atoms with van der Waals surface area (Å²) >= 11 is 0. The molecule has 0 unspecified atom stereocenters. The summed E-state index contributed by atoms with van der Waals surface area (Å²) in [6.45, 7) is 0. The predicted octanol–water partition coefficient (Wildman–Crippen LogP) is 1.08. The minimum absolute atomic E-state index is 0.212. The molecule has 3 atom stereocenters. The average Bonchev–Trinajstić information content (AvgIpc) is 2.45. The summed E-state index contributed by atoms with van der Waals surface area (Å²) in [5.74, 6) is 0.212. The highest BCUT2D eigenvalue weighted by molar-refractivity contribution is 4.99. The van der Waals surface area contributed by atoms with E-state index in [-0.39, 0.29) is 5.92 Å². The van der Waals surface area contributed by atoms with Gasteiger partial charge in [0, 0.05) is 0 Å². The van der Waals surface area contributed by atoms with Gasteiger partial charge >= 0.3 is 0 Å². The molecule has 2 bridgehead atoms. The first-order chi connectivity index (χ1) is 4.40. The van der Waals surface area contributed by atoms with E-state index < -0.39 is 0 Å². The third-order valence-electron chi connectivity index (χ3n) is 2.27. The Bertz CT molecular complexity index is 161. The van der Waals surface area contributed by atoms with Crippen LogP contribution < -0.4 is 0 Å². The standard InChI is InChI=1S/C7H9NO/c8-4-5-3-6-1-2-7(5)9-6/h5-7H,1-3H2/t5-,6-,7-/m0/s1. The lowest BCUT2D eigenvalue weighted by atomic mass is 9.91. The first-order valence-corrected chi connectivity index (χ1v) is 3.45. The molecule has 2 fully saturated rings. The van der Waals surface area contributed by atoms with Crippen molar-refractivity contribution < 1.29 is 4.74 Å². The van der Waals surface area contributed by atoms with Crippen molar-refractivity contribution in [3.63, 3.8) is 0 Å². The van der Waals surface area contributed by atoms with Crippen molar-refractivity contribution in [3.8, 4) is 6.07 Å². The Labute approximate surface area is 54.4 Å². The average molecular weight is 123 g/mol. The monoisotopic (exact) mass is 123 g/mol. The maximum Gasteiger partial charge on any atom is 0.0750 e. The molecule has 2 heteroatoms. The van der Waals surface area contributed by atoms with Crippen molar-refractivity contribution in [2.45, 2.75) is 31.5 Å². The van der Waals surface area contributed by atoms with E-state index >= 15 is 0 Å². The number of fused-ring (bicyclic) bond motifs is 2. The first-order valence-electron chi connectivity index (χ1n) is 3.45. The maximum atomic E-state index is 8.56. The smallest absolute Gasteiger partial charge is 0.0750 e. The van der Waals surface area contributed by atoms with E-state index in [0.717, 1.165) is 12.8 Å². The summed E-state index contributed by atoms with van der Waals surface area (Å²) in [4.78, 5) is 0. The zero-order valence-corrected chi connectivity index (χ0v) is 5.21. The fraction of sp³-hybridized carbons (Fsp3) is 0.857. The molecule has 2 aliphatic rings. The normalized spacial score (nSPS) is 47.2. The summed E-state index contributed by atoms with van der Waals surface area (Å²) in [5, 5.41) is 8.56. The van der Waals surface area contributed by atoms with Crippen LogP contribution in [0, 0.1) is 17.2 Å². The van der Waals surface area contributed by atoms with Crippen molar-refractivity contribution in [1.82, 2.24) is 0 Å². The topological polar surface area (TPSA) is 33.0 Å². The van der Waals surface area contributed by atoms with Crippen molar-refractivity contribution in [2.75, 3.05) is 0 Å². The number of nitrogens with zero attached hydrogens (tertiary/aromatic N) is 1. The summed E-state index contributed by atoms with van der Waals surface area (Å²) in [6.07, 6.45) is 4.01.